The molecule has 154 valence electrons. The first-order valence-electron chi connectivity index (χ1n) is 10.1. The summed E-state index contributed by atoms with van der Waals surface area (Å²) in [6.45, 7) is 3.95. The van der Waals surface area contributed by atoms with Crippen LogP contribution in [0.4, 0.5) is 5.82 Å². The van der Waals surface area contributed by atoms with E-state index < -0.39 is 0 Å². The molecule has 7 nitrogen and oxygen atoms in total. The number of allylic oxidation sites excluding steroid dienone is 1. The summed E-state index contributed by atoms with van der Waals surface area (Å²) in [6.07, 6.45) is 7.67. The number of pyridine rings is 1. The van der Waals surface area contributed by atoms with Crippen LogP contribution in [-0.4, -0.2) is 49.7 Å². The predicted octanol–water partition coefficient (Wildman–Crippen LogP) is 3.70. The standard InChI is InChI=1S/C21H21ClN6OS/c1-2-13-7-15-17(18(13)22)20(28-6-3-12(10-28)11-29)27-21(26-15)30-14-8-16-19(25-9-14)24-5-4-23-16/h4-5,8-9,12,29H,2-3,6-7,10-11H2,1H3. The lowest BCUT2D eigenvalue weighted by atomic mass is 10.1. The monoisotopic (exact) mass is 440 g/mol. The Balaban J connectivity index is 1.53. The number of hydrogen-bond acceptors (Lipinski definition) is 8. The van der Waals surface area contributed by atoms with Crippen LogP contribution in [0.5, 0.6) is 0 Å². The summed E-state index contributed by atoms with van der Waals surface area (Å²) in [7, 11) is 0. The van der Waals surface area contributed by atoms with Crippen LogP contribution >= 0.6 is 23.4 Å². The summed E-state index contributed by atoms with van der Waals surface area (Å²) in [5, 5.41) is 11.0. The molecule has 0 aromatic carbocycles. The van der Waals surface area contributed by atoms with E-state index in [1.807, 2.05) is 6.07 Å². The molecule has 30 heavy (non-hydrogen) atoms. The Hall–Kier alpha value is -2.29. The van der Waals surface area contributed by atoms with Gasteiger partial charge >= 0.3 is 0 Å². The van der Waals surface area contributed by atoms with E-state index in [0.29, 0.717) is 10.8 Å². The van der Waals surface area contributed by atoms with Crippen LogP contribution in [0.2, 0.25) is 0 Å². The molecule has 1 N–H and O–H groups in total. The van der Waals surface area contributed by atoms with Crippen molar-refractivity contribution in [1.29, 1.82) is 0 Å². The zero-order valence-electron chi connectivity index (χ0n) is 16.5. The Morgan fingerprint density at radius 2 is 2.10 bits per heavy atom. The van der Waals surface area contributed by atoms with Crippen LogP contribution in [0.25, 0.3) is 16.2 Å². The van der Waals surface area contributed by atoms with Crippen molar-refractivity contribution in [3.05, 3.63) is 41.5 Å². The fraction of sp³-hybridized carbons (Fsp3) is 0.381. The predicted molar refractivity (Wildman–Crippen MR) is 118 cm³/mol. The maximum absolute atomic E-state index is 9.58. The van der Waals surface area contributed by atoms with Crippen molar-refractivity contribution in [3.63, 3.8) is 0 Å². The van der Waals surface area contributed by atoms with Gasteiger partial charge in [0.25, 0.3) is 0 Å². The van der Waals surface area contributed by atoms with Gasteiger partial charge in [0.1, 0.15) is 11.3 Å². The molecule has 1 aliphatic carbocycles. The molecule has 1 unspecified atom stereocenters. The first kappa shape index (κ1) is 19.7. The molecule has 1 saturated heterocycles. The molecular formula is C21H21ClN6OS. The van der Waals surface area contributed by atoms with Gasteiger partial charge in [-0.15, -0.1) is 0 Å². The van der Waals surface area contributed by atoms with Gasteiger partial charge in [-0.25, -0.2) is 19.9 Å². The summed E-state index contributed by atoms with van der Waals surface area (Å²) in [5.74, 6) is 1.14. The summed E-state index contributed by atoms with van der Waals surface area (Å²) >= 11 is 8.20. The van der Waals surface area contributed by atoms with Crippen molar-refractivity contribution in [3.8, 4) is 0 Å². The lowest BCUT2D eigenvalue weighted by molar-refractivity contribution is 0.238. The van der Waals surface area contributed by atoms with Crippen molar-refractivity contribution in [2.45, 2.75) is 36.2 Å². The van der Waals surface area contributed by atoms with Crippen molar-refractivity contribution >= 4 is 45.4 Å². The largest absolute Gasteiger partial charge is 0.396 e. The van der Waals surface area contributed by atoms with Crippen molar-refractivity contribution in [2.24, 2.45) is 5.92 Å². The number of fused-ring (bicyclic) bond motifs is 2. The second-order valence-electron chi connectivity index (χ2n) is 7.55. The number of rotatable bonds is 5. The fourth-order valence-electron chi connectivity index (χ4n) is 4.01. The second kappa shape index (κ2) is 8.09. The topological polar surface area (TPSA) is 87.9 Å². The molecular weight excluding hydrogens is 420 g/mol. The van der Waals surface area contributed by atoms with Gasteiger partial charge in [-0.3, -0.25) is 4.98 Å². The molecule has 0 saturated carbocycles. The second-order valence-corrected chi connectivity index (χ2v) is 8.97. The SMILES string of the molecule is CCC1=C(Cl)c2c(nc(Sc3cnc4nccnc4c3)nc2N2CCC(CO)C2)C1. The van der Waals surface area contributed by atoms with E-state index >= 15 is 0 Å². The number of aliphatic hydroxyl groups is 1. The van der Waals surface area contributed by atoms with E-state index in [4.69, 9.17) is 21.6 Å². The maximum Gasteiger partial charge on any atom is 0.194 e. The number of anilines is 1. The van der Waals surface area contributed by atoms with Crippen molar-refractivity contribution in [1.82, 2.24) is 24.9 Å². The third-order valence-corrected chi connectivity index (χ3v) is 6.91. The molecule has 3 aromatic rings. The first-order chi connectivity index (χ1) is 14.7. The number of hydrogen-bond donors (Lipinski definition) is 1. The van der Waals surface area contributed by atoms with Crippen LogP contribution < -0.4 is 4.90 Å². The summed E-state index contributed by atoms with van der Waals surface area (Å²) in [4.78, 5) is 25.8. The average molecular weight is 441 g/mol. The minimum atomic E-state index is 0.193. The van der Waals surface area contributed by atoms with Gasteiger partial charge in [0.05, 0.1) is 16.3 Å². The zero-order valence-corrected chi connectivity index (χ0v) is 18.1. The average Bonchev–Trinajstić information content (AvgIpc) is 3.38. The van der Waals surface area contributed by atoms with Crippen LogP contribution in [0, 0.1) is 5.92 Å². The molecule has 1 fully saturated rings. The molecule has 5 rings (SSSR count). The van der Waals surface area contributed by atoms with E-state index in [1.54, 1.807) is 18.6 Å². The van der Waals surface area contributed by atoms with Gasteiger partial charge in [0.15, 0.2) is 10.8 Å². The fourth-order valence-corrected chi connectivity index (χ4v) is 5.18. The third kappa shape index (κ3) is 3.53. The van der Waals surface area contributed by atoms with Crippen molar-refractivity contribution < 1.29 is 5.11 Å². The van der Waals surface area contributed by atoms with Crippen LogP contribution in [0.15, 0.2) is 40.3 Å². The highest BCUT2D eigenvalue weighted by molar-refractivity contribution is 7.99. The highest BCUT2D eigenvalue weighted by Crippen LogP contribution is 2.43. The molecule has 2 aliphatic rings. The van der Waals surface area contributed by atoms with E-state index in [2.05, 4.69) is 26.8 Å². The molecule has 1 atom stereocenters. The Bertz CT molecular complexity index is 1150. The normalized spacial score (nSPS) is 18.5. The van der Waals surface area contributed by atoms with Gasteiger partial charge in [-0.1, -0.05) is 18.5 Å². The lowest BCUT2D eigenvalue weighted by Crippen LogP contribution is -2.23. The third-order valence-electron chi connectivity index (χ3n) is 5.63. The van der Waals surface area contributed by atoms with E-state index in [9.17, 15) is 5.11 Å². The minimum Gasteiger partial charge on any atom is -0.396 e. The Kier molecular flexibility index (Phi) is 5.30. The van der Waals surface area contributed by atoms with E-state index in [0.717, 1.165) is 64.9 Å². The highest BCUT2D eigenvalue weighted by Gasteiger charge is 2.31. The van der Waals surface area contributed by atoms with E-state index in [-0.39, 0.29) is 12.5 Å². The number of aliphatic hydroxyl groups excluding tert-OH is 1. The van der Waals surface area contributed by atoms with Gasteiger partial charge in [0.2, 0.25) is 0 Å². The Morgan fingerprint density at radius 1 is 1.23 bits per heavy atom. The molecule has 3 aromatic heterocycles. The number of halogens is 1. The molecule has 0 radical (unpaired) electrons. The maximum atomic E-state index is 9.58. The van der Waals surface area contributed by atoms with Crippen LogP contribution in [0.3, 0.4) is 0 Å². The molecule has 4 heterocycles. The van der Waals surface area contributed by atoms with Crippen LogP contribution in [-0.2, 0) is 6.42 Å². The molecule has 0 amide bonds. The van der Waals surface area contributed by atoms with Gasteiger partial charge in [-0.2, -0.15) is 0 Å². The van der Waals surface area contributed by atoms with Crippen LogP contribution in [0.1, 0.15) is 31.0 Å². The van der Waals surface area contributed by atoms with E-state index in [1.165, 1.54) is 17.3 Å². The molecule has 0 spiro atoms. The number of nitrogens with zero attached hydrogens (tertiary/aromatic N) is 6. The van der Waals surface area contributed by atoms with Crippen molar-refractivity contribution in [2.75, 3.05) is 24.6 Å². The highest BCUT2D eigenvalue weighted by atomic mass is 35.5. The van der Waals surface area contributed by atoms with Gasteiger partial charge in [-0.05, 0) is 36.2 Å². The minimum absolute atomic E-state index is 0.193. The first-order valence-corrected chi connectivity index (χ1v) is 11.2. The zero-order chi connectivity index (χ0) is 20.7. The number of aromatic nitrogens is 5. The van der Waals surface area contributed by atoms with Gasteiger partial charge in [0, 0.05) is 55.5 Å². The van der Waals surface area contributed by atoms with Gasteiger partial charge < -0.3 is 10.0 Å². The molecule has 0 bridgehead atoms. The summed E-state index contributed by atoms with van der Waals surface area (Å²) in [6, 6.07) is 1.95. The quantitative estimate of drug-likeness (QED) is 0.601. The molecule has 9 heteroatoms. The Morgan fingerprint density at radius 3 is 2.90 bits per heavy atom. The summed E-state index contributed by atoms with van der Waals surface area (Å²) in [5.41, 5.74) is 4.49. The lowest BCUT2D eigenvalue weighted by Gasteiger charge is -2.21. The smallest absolute Gasteiger partial charge is 0.194 e. The Labute approximate surface area is 183 Å². The molecule has 1 aliphatic heterocycles. The summed E-state index contributed by atoms with van der Waals surface area (Å²) < 4.78 is 0.